The van der Waals surface area contributed by atoms with E-state index in [2.05, 4.69) is 36.0 Å². The zero-order valence-electron chi connectivity index (χ0n) is 15.1. The van der Waals surface area contributed by atoms with Crippen LogP contribution in [0, 0.1) is 0 Å². The Hall–Kier alpha value is -3.08. The topological polar surface area (TPSA) is 145 Å². The Morgan fingerprint density at radius 2 is 2.11 bits per heavy atom. The molecule has 142 valence electrons. The highest BCUT2D eigenvalue weighted by Crippen LogP contribution is 2.22. The first-order chi connectivity index (χ1) is 12.9. The maximum absolute atomic E-state index is 12.2. The second-order valence-corrected chi connectivity index (χ2v) is 7.20. The van der Waals surface area contributed by atoms with Crippen molar-refractivity contribution in [2.24, 2.45) is 0 Å². The van der Waals surface area contributed by atoms with E-state index >= 15 is 0 Å². The summed E-state index contributed by atoms with van der Waals surface area (Å²) in [6, 6.07) is 3.31. The molecule has 1 unspecified atom stereocenters. The van der Waals surface area contributed by atoms with Crippen LogP contribution in [0.2, 0.25) is 0 Å². The predicted octanol–water partition coefficient (Wildman–Crippen LogP) is 2.12. The summed E-state index contributed by atoms with van der Waals surface area (Å²) in [5.74, 6) is 1.47. The monoisotopic (exact) mass is 388 g/mol. The molecule has 10 nitrogen and oxygen atoms in total. The molecule has 0 radical (unpaired) electrons. The number of nitrogen functional groups attached to an aromatic ring is 1. The number of rotatable bonds is 7. The van der Waals surface area contributed by atoms with Crippen LogP contribution < -0.4 is 16.4 Å². The lowest BCUT2D eigenvalue weighted by molar-refractivity contribution is 0.0949. The minimum absolute atomic E-state index is 0.0969. The largest absolute Gasteiger partial charge is 0.374 e. The van der Waals surface area contributed by atoms with E-state index in [0.717, 1.165) is 5.01 Å². The van der Waals surface area contributed by atoms with Crippen molar-refractivity contribution in [1.29, 1.82) is 0 Å². The molecule has 0 saturated heterocycles. The van der Waals surface area contributed by atoms with Gasteiger partial charge in [0.15, 0.2) is 5.82 Å². The van der Waals surface area contributed by atoms with Gasteiger partial charge in [0, 0.05) is 12.1 Å². The van der Waals surface area contributed by atoms with Gasteiger partial charge >= 0.3 is 0 Å². The van der Waals surface area contributed by atoms with Crippen LogP contribution in [0.15, 0.2) is 22.9 Å². The third-order valence-electron chi connectivity index (χ3n) is 3.60. The van der Waals surface area contributed by atoms with Crippen LogP contribution in [-0.2, 0) is 6.54 Å². The number of carbonyl (C=O) groups excluding carboxylic acids is 1. The van der Waals surface area contributed by atoms with Gasteiger partial charge in [0.2, 0.25) is 11.0 Å². The van der Waals surface area contributed by atoms with Gasteiger partial charge in [0.1, 0.15) is 10.8 Å². The van der Waals surface area contributed by atoms with Crippen molar-refractivity contribution < 1.29 is 9.32 Å². The number of nitrogens with two attached hydrogens (primary N) is 1. The van der Waals surface area contributed by atoms with E-state index in [1.54, 1.807) is 12.1 Å². The summed E-state index contributed by atoms with van der Waals surface area (Å²) in [6.45, 7) is 6.03. The molecule has 3 rings (SSSR count). The van der Waals surface area contributed by atoms with Gasteiger partial charge in [-0.25, -0.2) is 4.98 Å². The molecule has 0 aromatic carbocycles. The molecule has 1 amide bonds. The summed E-state index contributed by atoms with van der Waals surface area (Å²) >= 11 is 1.31. The van der Waals surface area contributed by atoms with E-state index in [9.17, 15) is 4.79 Å². The number of carbonyl (C=O) groups is 1. The van der Waals surface area contributed by atoms with Crippen molar-refractivity contribution in [1.82, 2.24) is 30.6 Å². The number of anilines is 2. The Morgan fingerprint density at radius 1 is 1.30 bits per heavy atom. The minimum Gasteiger partial charge on any atom is -0.374 e. The van der Waals surface area contributed by atoms with Crippen LogP contribution in [0.25, 0.3) is 0 Å². The molecular formula is C16H20N8O2S. The molecule has 3 aromatic heterocycles. The van der Waals surface area contributed by atoms with E-state index < -0.39 is 0 Å². The van der Waals surface area contributed by atoms with Crippen molar-refractivity contribution in [2.75, 3.05) is 11.1 Å². The molecule has 0 spiro atoms. The Morgan fingerprint density at radius 3 is 2.70 bits per heavy atom. The van der Waals surface area contributed by atoms with Crippen LogP contribution in [0.1, 0.15) is 59.8 Å². The summed E-state index contributed by atoms with van der Waals surface area (Å²) < 4.78 is 5.11. The van der Waals surface area contributed by atoms with E-state index in [1.165, 1.54) is 17.5 Å². The van der Waals surface area contributed by atoms with Crippen LogP contribution in [0.3, 0.4) is 0 Å². The highest BCUT2D eigenvalue weighted by Gasteiger charge is 2.14. The molecule has 4 N–H and O–H groups in total. The number of aromatic nitrogens is 5. The predicted molar refractivity (Wildman–Crippen MR) is 100 cm³/mol. The maximum atomic E-state index is 12.2. The molecule has 3 aromatic rings. The standard InChI is InChI=1S/C16H20N8O2S/c1-8(2)14-21-12(24-26-14)7-19-13(25)10-4-5-11(18-6-10)20-9(3)15-22-23-16(17)27-15/h4-6,8-9H,7H2,1-3H3,(H2,17,23)(H,18,20)(H,19,25). The second-order valence-electron chi connectivity index (χ2n) is 6.16. The quantitative estimate of drug-likeness (QED) is 0.554. The average molecular weight is 388 g/mol. The molecule has 27 heavy (non-hydrogen) atoms. The lowest BCUT2D eigenvalue weighted by Gasteiger charge is -2.11. The van der Waals surface area contributed by atoms with Gasteiger partial charge in [-0.3, -0.25) is 4.79 Å². The third kappa shape index (κ3) is 4.76. The van der Waals surface area contributed by atoms with Crippen molar-refractivity contribution >= 4 is 28.2 Å². The van der Waals surface area contributed by atoms with Crippen LogP contribution in [0.5, 0.6) is 0 Å². The van der Waals surface area contributed by atoms with Gasteiger partial charge in [0.25, 0.3) is 5.91 Å². The number of nitrogens with zero attached hydrogens (tertiary/aromatic N) is 5. The molecule has 0 aliphatic heterocycles. The molecule has 0 bridgehead atoms. The lowest BCUT2D eigenvalue weighted by Crippen LogP contribution is -2.23. The highest BCUT2D eigenvalue weighted by molar-refractivity contribution is 7.15. The summed E-state index contributed by atoms with van der Waals surface area (Å²) in [5.41, 5.74) is 6.02. The number of nitrogens with one attached hydrogen (secondary N) is 2. The molecule has 11 heteroatoms. The Balaban J connectivity index is 1.55. The Bertz CT molecular complexity index is 905. The van der Waals surface area contributed by atoms with Gasteiger partial charge in [-0.05, 0) is 19.1 Å². The third-order valence-corrected chi connectivity index (χ3v) is 4.54. The molecule has 0 aliphatic rings. The zero-order valence-corrected chi connectivity index (χ0v) is 15.9. The number of pyridine rings is 1. The first kappa shape index (κ1) is 18.7. The summed E-state index contributed by atoms with van der Waals surface area (Å²) in [6.07, 6.45) is 1.49. The smallest absolute Gasteiger partial charge is 0.253 e. The summed E-state index contributed by atoms with van der Waals surface area (Å²) in [5, 5.41) is 18.7. The van der Waals surface area contributed by atoms with Gasteiger partial charge in [0.05, 0.1) is 18.2 Å². The fourth-order valence-corrected chi connectivity index (χ4v) is 2.77. The lowest BCUT2D eigenvalue weighted by atomic mass is 10.2. The zero-order chi connectivity index (χ0) is 19.4. The normalized spacial score (nSPS) is 12.1. The number of hydrogen-bond acceptors (Lipinski definition) is 10. The van der Waals surface area contributed by atoms with Crippen LogP contribution >= 0.6 is 11.3 Å². The fraction of sp³-hybridized carbons (Fsp3) is 0.375. The van der Waals surface area contributed by atoms with Crippen molar-refractivity contribution in [3.63, 3.8) is 0 Å². The van der Waals surface area contributed by atoms with Gasteiger partial charge in [-0.1, -0.05) is 30.3 Å². The number of hydrogen-bond donors (Lipinski definition) is 3. The van der Waals surface area contributed by atoms with Gasteiger partial charge in [-0.2, -0.15) is 4.98 Å². The number of amides is 1. The first-order valence-corrected chi connectivity index (χ1v) is 9.16. The SMILES string of the molecule is CC(C)c1nc(CNC(=O)c2ccc(NC(C)c3nnc(N)s3)nc2)no1. The van der Waals surface area contributed by atoms with E-state index in [0.29, 0.717) is 28.2 Å². The van der Waals surface area contributed by atoms with Crippen LogP contribution in [0.4, 0.5) is 10.9 Å². The fourth-order valence-electron chi connectivity index (χ4n) is 2.15. The second kappa shape index (κ2) is 8.08. The highest BCUT2D eigenvalue weighted by atomic mass is 32.1. The average Bonchev–Trinajstić information content (AvgIpc) is 3.29. The van der Waals surface area contributed by atoms with Crippen molar-refractivity contribution in [3.05, 3.63) is 40.6 Å². The van der Waals surface area contributed by atoms with E-state index in [4.69, 9.17) is 10.3 Å². The Kier molecular flexibility index (Phi) is 5.60. The first-order valence-electron chi connectivity index (χ1n) is 8.34. The molecular weight excluding hydrogens is 368 g/mol. The summed E-state index contributed by atoms with van der Waals surface area (Å²) in [4.78, 5) is 20.7. The van der Waals surface area contributed by atoms with Gasteiger partial charge in [-0.15, -0.1) is 10.2 Å². The van der Waals surface area contributed by atoms with E-state index in [-0.39, 0.29) is 24.4 Å². The maximum Gasteiger partial charge on any atom is 0.253 e. The molecule has 0 fully saturated rings. The Labute approximate surface area is 159 Å². The molecule has 0 aliphatic carbocycles. The minimum atomic E-state index is -0.269. The summed E-state index contributed by atoms with van der Waals surface area (Å²) in [7, 11) is 0. The van der Waals surface area contributed by atoms with Crippen molar-refractivity contribution in [2.45, 2.75) is 39.3 Å². The van der Waals surface area contributed by atoms with Crippen LogP contribution in [-0.4, -0.2) is 31.2 Å². The molecule has 1 atom stereocenters. The van der Waals surface area contributed by atoms with E-state index in [1.807, 2.05) is 20.8 Å². The molecule has 0 saturated carbocycles. The van der Waals surface area contributed by atoms with Gasteiger partial charge < -0.3 is 20.9 Å². The molecule has 3 heterocycles. The van der Waals surface area contributed by atoms with Crippen molar-refractivity contribution in [3.8, 4) is 0 Å².